The number of aryl methyl sites for hydroxylation is 1. The van der Waals surface area contributed by atoms with Gasteiger partial charge in [0.05, 0.1) is 21.3 Å². The Labute approximate surface area is 139 Å². The summed E-state index contributed by atoms with van der Waals surface area (Å²) >= 11 is 5.02. The van der Waals surface area contributed by atoms with Crippen LogP contribution >= 0.6 is 12.2 Å². The van der Waals surface area contributed by atoms with Crippen molar-refractivity contribution in [2.45, 2.75) is 19.8 Å². The molecule has 0 unspecified atom stereocenters. The summed E-state index contributed by atoms with van der Waals surface area (Å²) in [6.45, 7) is 1.97. The first-order valence-electron chi connectivity index (χ1n) is 7.17. The van der Waals surface area contributed by atoms with E-state index in [1.807, 2.05) is 19.1 Å². The highest BCUT2D eigenvalue weighted by atomic mass is 32.1. The number of ether oxygens (including phenoxy) is 3. The number of aromatic amines is 2. The van der Waals surface area contributed by atoms with Crippen LogP contribution in [-0.4, -0.2) is 31.3 Å². The first-order valence-corrected chi connectivity index (χ1v) is 7.58. The fourth-order valence-electron chi connectivity index (χ4n) is 2.49. The molecule has 1 aromatic heterocycles. The van der Waals surface area contributed by atoms with Gasteiger partial charge in [-0.1, -0.05) is 6.92 Å². The van der Waals surface area contributed by atoms with Crippen molar-refractivity contribution in [1.29, 1.82) is 0 Å². The molecule has 0 amide bonds. The lowest BCUT2D eigenvalue weighted by molar-refractivity contribution is 0.324. The summed E-state index contributed by atoms with van der Waals surface area (Å²) in [7, 11) is 4.67. The molecule has 124 valence electrons. The van der Waals surface area contributed by atoms with Crippen LogP contribution < -0.4 is 19.8 Å². The summed E-state index contributed by atoms with van der Waals surface area (Å²) < 4.78 is 16.3. The summed E-state index contributed by atoms with van der Waals surface area (Å²) in [6.07, 6.45) is 1.12. The Kier molecular flexibility index (Phi) is 5.44. The molecule has 2 rings (SSSR count). The van der Waals surface area contributed by atoms with E-state index < -0.39 is 0 Å². The topological polar surface area (TPSA) is 76.3 Å². The van der Waals surface area contributed by atoms with E-state index in [4.69, 9.17) is 26.4 Å². The summed E-state index contributed by atoms with van der Waals surface area (Å²) in [4.78, 5) is 17.9. The van der Waals surface area contributed by atoms with Gasteiger partial charge in [0, 0.05) is 17.7 Å². The Morgan fingerprint density at radius 1 is 1.04 bits per heavy atom. The van der Waals surface area contributed by atoms with Crippen molar-refractivity contribution in [1.82, 2.24) is 9.97 Å². The molecule has 0 bridgehead atoms. The van der Waals surface area contributed by atoms with Gasteiger partial charge in [0.2, 0.25) is 5.75 Å². The molecule has 0 atom stereocenters. The van der Waals surface area contributed by atoms with Gasteiger partial charge in [-0.05, 0) is 36.3 Å². The molecule has 0 aliphatic heterocycles. The van der Waals surface area contributed by atoms with Gasteiger partial charge < -0.3 is 19.2 Å². The molecule has 23 heavy (non-hydrogen) atoms. The summed E-state index contributed by atoms with van der Waals surface area (Å²) in [6, 6.07) is 3.67. The Hall–Kier alpha value is -2.28. The van der Waals surface area contributed by atoms with Crippen LogP contribution in [0, 0.1) is 4.77 Å². The third kappa shape index (κ3) is 3.56. The maximum absolute atomic E-state index is 12.2. The second-order valence-electron chi connectivity index (χ2n) is 4.93. The van der Waals surface area contributed by atoms with Gasteiger partial charge in [0.25, 0.3) is 5.56 Å². The van der Waals surface area contributed by atoms with Gasteiger partial charge >= 0.3 is 0 Å². The minimum Gasteiger partial charge on any atom is -0.493 e. The minimum absolute atomic E-state index is 0.181. The zero-order chi connectivity index (χ0) is 17.0. The van der Waals surface area contributed by atoms with Crippen LogP contribution in [0.2, 0.25) is 0 Å². The monoisotopic (exact) mass is 336 g/mol. The number of methoxy groups -OCH3 is 3. The smallest absolute Gasteiger partial charge is 0.255 e. The number of nitrogens with one attached hydrogen (secondary N) is 2. The lowest BCUT2D eigenvalue weighted by atomic mass is 10.0. The van der Waals surface area contributed by atoms with Crippen LogP contribution in [0.3, 0.4) is 0 Å². The first kappa shape index (κ1) is 17.1. The van der Waals surface area contributed by atoms with E-state index in [9.17, 15) is 4.79 Å². The van der Waals surface area contributed by atoms with Crippen LogP contribution in [-0.2, 0) is 12.8 Å². The maximum Gasteiger partial charge on any atom is 0.255 e. The molecule has 0 spiro atoms. The molecule has 0 fully saturated rings. The second-order valence-corrected chi connectivity index (χ2v) is 5.34. The van der Waals surface area contributed by atoms with Gasteiger partial charge in [-0.3, -0.25) is 9.78 Å². The first-order chi connectivity index (χ1) is 11.0. The molecule has 0 aliphatic carbocycles. The van der Waals surface area contributed by atoms with Gasteiger partial charge in [0.1, 0.15) is 0 Å². The highest BCUT2D eigenvalue weighted by Crippen LogP contribution is 2.38. The quantitative estimate of drug-likeness (QED) is 0.793. The van der Waals surface area contributed by atoms with Crippen molar-refractivity contribution < 1.29 is 14.2 Å². The van der Waals surface area contributed by atoms with E-state index in [0.29, 0.717) is 40.4 Å². The average Bonchev–Trinajstić information content (AvgIpc) is 2.55. The molecular weight excluding hydrogens is 316 g/mol. The largest absolute Gasteiger partial charge is 0.493 e. The number of hydrogen-bond donors (Lipinski definition) is 2. The fraction of sp³-hybridized carbons (Fsp3) is 0.375. The van der Waals surface area contributed by atoms with Crippen LogP contribution in [0.5, 0.6) is 17.2 Å². The van der Waals surface area contributed by atoms with Crippen molar-refractivity contribution in [3.05, 3.63) is 44.1 Å². The number of benzene rings is 1. The predicted molar refractivity (Wildman–Crippen MR) is 90.5 cm³/mol. The van der Waals surface area contributed by atoms with Gasteiger partial charge in [-0.15, -0.1) is 0 Å². The highest BCUT2D eigenvalue weighted by Gasteiger charge is 2.15. The van der Waals surface area contributed by atoms with Crippen molar-refractivity contribution in [2.24, 2.45) is 0 Å². The molecule has 7 heteroatoms. The SMILES string of the molecule is CCc1[nH]c(=S)[nH]c(=O)c1Cc1cc(OC)c(OC)c(OC)c1. The van der Waals surface area contributed by atoms with Crippen molar-refractivity contribution in [3.8, 4) is 17.2 Å². The van der Waals surface area contributed by atoms with Crippen molar-refractivity contribution in [2.75, 3.05) is 21.3 Å². The van der Waals surface area contributed by atoms with E-state index in [1.165, 1.54) is 0 Å². The maximum atomic E-state index is 12.2. The Balaban J connectivity index is 2.53. The zero-order valence-corrected chi connectivity index (χ0v) is 14.4. The number of aromatic nitrogens is 2. The molecule has 1 aromatic carbocycles. The fourth-order valence-corrected chi connectivity index (χ4v) is 2.71. The van der Waals surface area contributed by atoms with Crippen LogP contribution in [0.25, 0.3) is 0 Å². The second kappa shape index (κ2) is 7.32. The van der Waals surface area contributed by atoms with E-state index in [0.717, 1.165) is 11.3 Å². The molecule has 2 N–H and O–H groups in total. The standard InChI is InChI=1S/C16H20N2O4S/c1-5-11-10(15(19)18-16(23)17-11)6-9-7-12(20-2)14(22-4)13(8-9)21-3/h7-8H,5-6H2,1-4H3,(H2,17,18,19,23). The van der Waals surface area contributed by atoms with Crippen LogP contribution in [0.4, 0.5) is 0 Å². The molecule has 0 radical (unpaired) electrons. The number of hydrogen-bond acceptors (Lipinski definition) is 5. The Bertz CT molecular complexity index is 785. The van der Waals surface area contributed by atoms with E-state index in [-0.39, 0.29) is 5.56 Å². The summed E-state index contributed by atoms with van der Waals surface area (Å²) in [5.41, 5.74) is 2.17. The average molecular weight is 336 g/mol. The molecule has 2 aromatic rings. The highest BCUT2D eigenvalue weighted by molar-refractivity contribution is 7.71. The normalized spacial score (nSPS) is 10.4. The molecular formula is C16H20N2O4S. The van der Waals surface area contributed by atoms with E-state index >= 15 is 0 Å². The molecule has 1 heterocycles. The van der Waals surface area contributed by atoms with Crippen LogP contribution in [0.15, 0.2) is 16.9 Å². The molecule has 0 saturated carbocycles. The third-order valence-electron chi connectivity index (χ3n) is 3.59. The van der Waals surface area contributed by atoms with Crippen molar-refractivity contribution >= 4 is 12.2 Å². The number of rotatable bonds is 6. The lowest BCUT2D eigenvalue weighted by Gasteiger charge is -2.14. The van der Waals surface area contributed by atoms with Crippen molar-refractivity contribution in [3.63, 3.8) is 0 Å². The van der Waals surface area contributed by atoms with Gasteiger partial charge in [0.15, 0.2) is 16.3 Å². The predicted octanol–water partition coefficient (Wildman–Crippen LogP) is 2.61. The Morgan fingerprint density at radius 2 is 1.65 bits per heavy atom. The van der Waals surface area contributed by atoms with E-state index in [2.05, 4.69) is 9.97 Å². The summed E-state index contributed by atoms with van der Waals surface area (Å²) in [5, 5.41) is 0. The molecule has 0 saturated heterocycles. The number of H-pyrrole nitrogens is 2. The van der Waals surface area contributed by atoms with Gasteiger partial charge in [-0.25, -0.2) is 0 Å². The Morgan fingerprint density at radius 3 is 2.13 bits per heavy atom. The lowest BCUT2D eigenvalue weighted by Crippen LogP contribution is -2.18. The third-order valence-corrected chi connectivity index (χ3v) is 3.79. The minimum atomic E-state index is -0.181. The molecule has 0 aliphatic rings. The van der Waals surface area contributed by atoms with Gasteiger partial charge in [-0.2, -0.15) is 0 Å². The van der Waals surface area contributed by atoms with E-state index in [1.54, 1.807) is 21.3 Å². The summed E-state index contributed by atoms with van der Waals surface area (Å²) in [5.74, 6) is 1.64. The van der Waals surface area contributed by atoms with Crippen LogP contribution in [0.1, 0.15) is 23.7 Å². The zero-order valence-electron chi connectivity index (χ0n) is 13.6. The molecule has 6 nitrogen and oxygen atoms in total.